The molecule has 7 nitrogen and oxygen atoms in total. The van der Waals surface area contributed by atoms with Crippen LogP contribution in [0.4, 0.5) is 4.79 Å². The van der Waals surface area contributed by atoms with Crippen LogP contribution in [0.5, 0.6) is 11.5 Å². The van der Waals surface area contributed by atoms with Crippen LogP contribution in [0.25, 0.3) is 0 Å². The van der Waals surface area contributed by atoms with E-state index in [1.165, 1.54) is 0 Å². The average molecular weight is 348 g/mol. The molecule has 2 atom stereocenters. The van der Waals surface area contributed by atoms with E-state index in [1.807, 2.05) is 6.92 Å². The maximum atomic E-state index is 12.4. The molecular formula is C18H24N2O5. The summed E-state index contributed by atoms with van der Waals surface area (Å²) in [6.45, 7) is 3.09. The van der Waals surface area contributed by atoms with Gasteiger partial charge in [-0.2, -0.15) is 0 Å². The van der Waals surface area contributed by atoms with Crippen molar-refractivity contribution in [2.75, 3.05) is 26.3 Å². The van der Waals surface area contributed by atoms with E-state index in [0.717, 1.165) is 23.5 Å². The Hall–Kier alpha value is -2.28. The molecule has 3 rings (SSSR count). The first-order valence-corrected chi connectivity index (χ1v) is 8.76. The summed E-state index contributed by atoms with van der Waals surface area (Å²) in [5.41, 5.74) is 0. The molecule has 1 N–H and O–H groups in total. The standard InChI is InChI=1S/C18H24N2O5/c1-2-24-14-6-8-15(9-7-14)25-12-13(21)11-20-17(22)16-5-3-4-10-19(16)18(20)23/h6-9,13,16,21H,2-5,10-12H2,1H3. The van der Waals surface area contributed by atoms with Crippen LogP contribution in [-0.4, -0.2) is 65.3 Å². The van der Waals surface area contributed by atoms with E-state index < -0.39 is 6.10 Å². The van der Waals surface area contributed by atoms with E-state index in [-0.39, 0.29) is 31.1 Å². The number of hydrogen-bond donors (Lipinski definition) is 1. The molecule has 2 aliphatic heterocycles. The Balaban J connectivity index is 1.51. The summed E-state index contributed by atoms with van der Waals surface area (Å²) in [6.07, 6.45) is 1.66. The molecule has 1 aromatic carbocycles. The predicted molar refractivity (Wildman–Crippen MR) is 90.6 cm³/mol. The number of piperidine rings is 1. The number of ether oxygens (including phenoxy) is 2. The lowest BCUT2D eigenvalue weighted by atomic mass is 10.0. The number of β-amino-alcohol motifs (C(OH)–C–C–N with tert-alkyl or cyclic N) is 1. The highest BCUT2D eigenvalue weighted by molar-refractivity contribution is 6.04. The zero-order chi connectivity index (χ0) is 17.8. The number of imide groups is 1. The molecule has 2 aliphatic rings. The minimum atomic E-state index is -0.930. The first kappa shape index (κ1) is 17.5. The van der Waals surface area contributed by atoms with Crippen LogP contribution in [0.2, 0.25) is 0 Å². The minimum Gasteiger partial charge on any atom is -0.494 e. The number of aliphatic hydroxyl groups excluding tert-OH is 1. The van der Waals surface area contributed by atoms with Gasteiger partial charge in [-0.05, 0) is 50.5 Å². The van der Waals surface area contributed by atoms with Crippen molar-refractivity contribution in [3.05, 3.63) is 24.3 Å². The number of carbonyl (C=O) groups is 2. The Morgan fingerprint density at radius 2 is 1.84 bits per heavy atom. The van der Waals surface area contributed by atoms with E-state index in [2.05, 4.69) is 0 Å². The molecular weight excluding hydrogens is 324 g/mol. The maximum Gasteiger partial charge on any atom is 0.327 e. The Morgan fingerprint density at radius 1 is 1.16 bits per heavy atom. The summed E-state index contributed by atoms with van der Waals surface area (Å²) in [6, 6.07) is 6.44. The third-order valence-corrected chi connectivity index (χ3v) is 4.50. The minimum absolute atomic E-state index is 0.00963. The number of fused-ring (bicyclic) bond motifs is 1. The maximum absolute atomic E-state index is 12.4. The van der Waals surface area contributed by atoms with Crippen molar-refractivity contribution in [2.45, 2.75) is 38.3 Å². The highest BCUT2D eigenvalue weighted by Crippen LogP contribution is 2.26. The molecule has 0 saturated carbocycles. The summed E-state index contributed by atoms with van der Waals surface area (Å²) in [4.78, 5) is 27.5. The lowest BCUT2D eigenvalue weighted by Crippen LogP contribution is -2.40. The van der Waals surface area contributed by atoms with Gasteiger partial charge in [0, 0.05) is 6.54 Å². The van der Waals surface area contributed by atoms with Crippen LogP contribution in [0.15, 0.2) is 24.3 Å². The Kier molecular flexibility index (Phi) is 5.43. The van der Waals surface area contributed by atoms with Crippen LogP contribution in [0.1, 0.15) is 26.2 Å². The average Bonchev–Trinajstić information content (AvgIpc) is 2.87. The number of rotatable bonds is 7. The molecule has 25 heavy (non-hydrogen) atoms. The summed E-state index contributed by atoms with van der Waals surface area (Å²) >= 11 is 0. The van der Waals surface area contributed by atoms with Crippen molar-refractivity contribution in [1.29, 1.82) is 0 Å². The Morgan fingerprint density at radius 3 is 2.48 bits per heavy atom. The van der Waals surface area contributed by atoms with Crippen molar-refractivity contribution in [1.82, 2.24) is 9.80 Å². The van der Waals surface area contributed by atoms with Gasteiger partial charge in [-0.25, -0.2) is 4.79 Å². The van der Waals surface area contributed by atoms with Crippen molar-refractivity contribution in [2.24, 2.45) is 0 Å². The third kappa shape index (κ3) is 3.87. The fourth-order valence-corrected chi connectivity index (χ4v) is 3.27. The third-order valence-electron chi connectivity index (χ3n) is 4.50. The molecule has 1 aromatic rings. The highest BCUT2D eigenvalue weighted by atomic mass is 16.5. The number of amides is 3. The van der Waals surface area contributed by atoms with Crippen molar-refractivity contribution in [3.63, 3.8) is 0 Å². The summed E-state index contributed by atoms with van der Waals surface area (Å²) < 4.78 is 10.9. The number of nitrogens with zero attached hydrogens (tertiary/aromatic N) is 2. The summed E-state index contributed by atoms with van der Waals surface area (Å²) in [5.74, 6) is 1.14. The van der Waals surface area contributed by atoms with Gasteiger partial charge >= 0.3 is 6.03 Å². The first-order valence-electron chi connectivity index (χ1n) is 8.76. The number of urea groups is 1. The fourth-order valence-electron chi connectivity index (χ4n) is 3.27. The van der Waals surface area contributed by atoms with Gasteiger partial charge < -0.3 is 19.5 Å². The topological polar surface area (TPSA) is 79.3 Å². The van der Waals surface area contributed by atoms with Crippen LogP contribution in [0.3, 0.4) is 0 Å². The second-order valence-electron chi connectivity index (χ2n) is 6.31. The number of carbonyl (C=O) groups excluding carboxylic acids is 2. The van der Waals surface area contributed by atoms with Gasteiger partial charge in [-0.15, -0.1) is 0 Å². The number of hydrogen-bond acceptors (Lipinski definition) is 5. The highest BCUT2D eigenvalue weighted by Gasteiger charge is 2.46. The van der Waals surface area contributed by atoms with Crippen molar-refractivity contribution in [3.8, 4) is 11.5 Å². The molecule has 0 aliphatic carbocycles. The second-order valence-corrected chi connectivity index (χ2v) is 6.31. The first-order chi connectivity index (χ1) is 12.1. The lowest BCUT2D eigenvalue weighted by molar-refractivity contribution is -0.129. The van der Waals surface area contributed by atoms with Gasteiger partial charge in [0.15, 0.2) is 0 Å². The van der Waals surface area contributed by atoms with Crippen LogP contribution >= 0.6 is 0 Å². The van der Waals surface area contributed by atoms with Gasteiger partial charge in [-0.3, -0.25) is 9.69 Å². The van der Waals surface area contributed by atoms with Crippen molar-refractivity contribution >= 4 is 11.9 Å². The van der Waals surface area contributed by atoms with Gasteiger partial charge in [-0.1, -0.05) is 0 Å². The molecule has 0 radical (unpaired) electrons. The summed E-state index contributed by atoms with van der Waals surface area (Å²) in [7, 11) is 0. The molecule has 7 heteroatoms. The molecule has 0 spiro atoms. The van der Waals surface area contributed by atoms with E-state index in [0.29, 0.717) is 25.3 Å². The molecule has 0 bridgehead atoms. The normalized spacial score (nSPS) is 21.3. The van der Waals surface area contributed by atoms with Gasteiger partial charge in [0.05, 0.1) is 13.2 Å². The van der Waals surface area contributed by atoms with Crippen LogP contribution in [-0.2, 0) is 4.79 Å². The van der Waals surface area contributed by atoms with E-state index >= 15 is 0 Å². The van der Waals surface area contributed by atoms with Gasteiger partial charge in [0.1, 0.15) is 30.3 Å². The second kappa shape index (κ2) is 7.74. The molecule has 2 unspecified atom stereocenters. The quantitative estimate of drug-likeness (QED) is 0.758. The lowest BCUT2D eigenvalue weighted by Gasteiger charge is -2.26. The van der Waals surface area contributed by atoms with E-state index in [4.69, 9.17) is 9.47 Å². The molecule has 2 heterocycles. The number of aliphatic hydroxyl groups is 1. The predicted octanol–water partition coefficient (Wildman–Crippen LogP) is 1.64. The Labute approximate surface area is 147 Å². The van der Waals surface area contributed by atoms with Crippen LogP contribution in [0, 0.1) is 0 Å². The number of benzene rings is 1. The van der Waals surface area contributed by atoms with Gasteiger partial charge in [0.2, 0.25) is 0 Å². The molecule has 2 saturated heterocycles. The fraction of sp³-hybridized carbons (Fsp3) is 0.556. The molecule has 0 aromatic heterocycles. The van der Waals surface area contributed by atoms with Crippen molar-refractivity contribution < 1.29 is 24.2 Å². The van der Waals surface area contributed by atoms with Gasteiger partial charge in [0.25, 0.3) is 5.91 Å². The largest absolute Gasteiger partial charge is 0.494 e. The SMILES string of the molecule is CCOc1ccc(OCC(O)CN2C(=O)C3CCCCN3C2=O)cc1. The van der Waals surface area contributed by atoms with E-state index in [1.54, 1.807) is 29.2 Å². The zero-order valence-corrected chi connectivity index (χ0v) is 14.4. The summed E-state index contributed by atoms with van der Waals surface area (Å²) in [5, 5.41) is 10.2. The molecule has 2 fully saturated rings. The Bertz CT molecular complexity index is 594. The molecule has 136 valence electrons. The smallest absolute Gasteiger partial charge is 0.327 e. The zero-order valence-electron chi connectivity index (χ0n) is 14.4. The monoisotopic (exact) mass is 348 g/mol. The van der Waals surface area contributed by atoms with Crippen LogP contribution < -0.4 is 9.47 Å². The van der Waals surface area contributed by atoms with E-state index in [9.17, 15) is 14.7 Å². The molecule has 3 amide bonds.